The van der Waals surface area contributed by atoms with Crippen LogP contribution >= 0.6 is 11.6 Å². The van der Waals surface area contributed by atoms with Crippen LogP contribution < -0.4 is 16.6 Å². The predicted molar refractivity (Wildman–Crippen MR) is 113 cm³/mol. The number of benzene rings is 1. The topological polar surface area (TPSA) is 98.9 Å². The second kappa shape index (κ2) is 8.49. The Bertz CT molecular complexity index is 1350. The molecule has 0 fully saturated rings. The number of pyridine rings is 2. The minimum atomic E-state index is -0.730. The van der Waals surface area contributed by atoms with Crippen LogP contribution in [0.1, 0.15) is 5.56 Å². The Labute approximate surface area is 179 Å². The van der Waals surface area contributed by atoms with Crippen LogP contribution in [0.3, 0.4) is 0 Å². The molecule has 2 aliphatic heterocycles. The van der Waals surface area contributed by atoms with E-state index in [1.807, 2.05) is 0 Å². The molecule has 0 saturated carbocycles. The van der Waals surface area contributed by atoms with E-state index in [0.29, 0.717) is 11.3 Å². The zero-order chi connectivity index (χ0) is 22.0. The van der Waals surface area contributed by atoms with Crippen molar-refractivity contribution in [2.75, 3.05) is 5.32 Å². The third-order valence-electron chi connectivity index (χ3n) is 4.53. The fourth-order valence-electron chi connectivity index (χ4n) is 3.09. The Balaban J connectivity index is 1.63. The zero-order valence-corrected chi connectivity index (χ0v) is 16.7. The van der Waals surface area contributed by atoms with Crippen molar-refractivity contribution >= 4 is 23.2 Å². The number of aromatic nitrogens is 4. The van der Waals surface area contributed by atoms with Gasteiger partial charge >= 0.3 is 5.69 Å². The third kappa shape index (κ3) is 4.36. The van der Waals surface area contributed by atoms with E-state index in [1.54, 1.807) is 30.6 Å². The lowest BCUT2D eigenvalue weighted by molar-refractivity contribution is -0.116. The van der Waals surface area contributed by atoms with Gasteiger partial charge in [0.1, 0.15) is 12.4 Å². The van der Waals surface area contributed by atoms with Crippen molar-refractivity contribution in [1.29, 1.82) is 0 Å². The number of nitrogens with zero attached hydrogens (tertiary/aromatic N) is 4. The number of hydrogen-bond donors (Lipinski definition) is 1. The number of amides is 1. The van der Waals surface area contributed by atoms with Gasteiger partial charge in [0.2, 0.25) is 5.91 Å². The maximum absolute atomic E-state index is 13.3. The number of carbonyl (C=O) groups is 1. The summed E-state index contributed by atoms with van der Waals surface area (Å²) >= 11 is 5.73. The molecule has 0 unspecified atom stereocenters. The first-order valence-corrected chi connectivity index (χ1v) is 9.54. The van der Waals surface area contributed by atoms with E-state index in [0.717, 1.165) is 10.6 Å². The van der Waals surface area contributed by atoms with Gasteiger partial charge in [-0.2, -0.15) is 4.98 Å². The molecule has 2 aromatic rings. The first-order chi connectivity index (χ1) is 14.9. The molecule has 3 heterocycles. The predicted octanol–water partition coefficient (Wildman–Crippen LogP) is 2.38. The maximum atomic E-state index is 13.3. The van der Waals surface area contributed by atoms with E-state index in [9.17, 15) is 18.8 Å². The summed E-state index contributed by atoms with van der Waals surface area (Å²) < 4.78 is 15.7. The first kappa shape index (κ1) is 20.4. The van der Waals surface area contributed by atoms with Crippen molar-refractivity contribution in [3.8, 4) is 11.4 Å². The van der Waals surface area contributed by atoms with Crippen LogP contribution in [-0.4, -0.2) is 25.0 Å². The fourth-order valence-corrected chi connectivity index (χ4v) is 3.27. The first-order valence-electron chi connectivity index (χ1n) is 9.16. The van der Waals surface area contributed by atoms with Crippen LogP contribution in [0.5, 0.6) is 0 Å². The molecule has 31 heavy (non-hydrogen) atoms. The average molecular weight is 440 g/mol. The summed E-state index contributed by atoms with van der Waals surface area (Å²) in [5, 5.41) is 2.47. The van der Waals surface area contributed by atoms with Crippen molar-refractivity contribution in [3.05, 3.63) is 98.3 Å². The minimum absolute atomic E-state index is 0.0369. The summed E-state index contributed by atoms with van der Waals surface area (Å²) in [7, 11) is 0. The number of halogens is 2. The fraction of sp³-hybridized carbons (Fsp3) is 0.0952. The number of nitrogens with one attached hydrogen (secondary N) is 1. The van der Waals surface area contributed by atoms with Gasteiger partial charge in [-0.1, -0.05) is 17.7 Å². The van der Waals surface area contributed by atoms with Gasteiger partial charge in [-0.05, 0) is 42.0 Å². The van der Waals surface area contributed by atoms with Crippen LogP contribution in [0.4, 0.5) is 10.1 Å². The van der Waals surface area contributed by atoms with Crippen molar-refractivity contribution < 1.29 is 9.18 Å². The summed E-state index contributed by atoms with van der Waals surface area (Å²) in [5.74, 6) is -0.973. The molecule has 8 nitrogen and oxygen atoms in total. The Morgan fingerprint density at radius 2 is 2.00 bits per heavy atom. The largest absolute Gasteiger partial charge is 0.352 e. The van der Waals surface area contributed by atoms with E-state index >= 15 is 0 Å². The van der Waals surface area contributed by atoms with Gasteiger partial charge in [0.25, 0.3) is 5.56 Å². The maximum Gasteiger partial charge on any atom is 0.352 e. The number of carbonyl (C=O) groups excluding carboxylic acids is 1. The SMILES string of the molecule is O=C(Cn1cccc2c(=O)n(Cc3cccnc3)c(=O)nc1-2)Nc1ccc(F)c(Cl)c1. The summed E-state index contributed by atoms with van der Waals surface area (Å²) in [6.07, 6.45) is 4.70. The number of fused-ring (bicyclic) bond motifs is 1. The molecule has 1 aromatic heterocycles. The summed E-state index contributed by atoms with van der Waals surface area (Å²) in [6.45, 7) is -0.181. The Kier molecular flexibility index (Phi) is 5.59. The minimum Gasteiger partial charge on any atom is -0.324 e. The molecule has 1 N–H and O–H groups in total. The Morgan fingerprint density at radius 3 is 2.74 bits per heavy atom. The molecular formula is C21H15ClFN5O3. The standard InChI is InChI=1S/C21H15ClFN5O3/c22-16-9-14(5-6-17(16)23)25-18(29)12-27-8-2-4-15-19(27)26-21(31)28(20(15)30)11-13-3-1-7-24-10-13/h1-10H,11-12H2,(H,25,29). The van der Waals surface area contributed by atoms with Crippen molar-refractivity contribution in [2.45, 2.75) is 13.1 Å². The normalized spacial score (nSPS) is 10.9. The van der Waals surface area contributed by atoms with Crippen LogP contribution in [0, 0.1) is 5.82 Å². The Morgan fingerprint density at radius 1 is 1.16 bits per heavy atom. The van der Waals surface area contributed by atoms with Gasteiger partial charge < -0.3 is 9.88 Å². The lowest BCUT2D eigenvalue weighted by atomic mass is 10.2. The number of rotatable bonds is 5. The lowest BCUT2D eigenvalue weighted by Crippen LogP contribution is -2.38. The molecule has 156 valence electrons. The Hall–Kier alpha value is -3.85. The van der Waals surface area contributed by atoms with Crippen LogP contribution in [0.15, 0.2) is 70.6 Å². The molecule has 1 amide bonds. The van der Waals surface area contributed by atoms with Gasteiger partial charge in [-0.3, -0.25) is 19.1 Å². The van der Waals surface area contributed by atoms with Gasteiger partial charge in [-0.25, -0.2) is 9.18 Å². The van der Waals surface area contributed by atoms with Gasteiger partial charge in [0, 0.05) is 24.3 Å². The molecular weight excluding hydrogens is 425 g/mol. The molecule has 0 atom stereocenters. The van der Waals surface area contributed by atoms with Crippen molar-refractivity contribution in [3.63, 3.8) is 0 Å². The molecule has 0 aliphatic carbocycles. The summed E-state index contributed by atoms with van der Waals surface area (Å²) in [4.78, 5) is 45.8. The van der Waals surface area contributed by atoms with Crippen molar-refractivity contribution in [2.24, 2.45) is 0 Å². The summed E-state index contributed by atoms with van der Waals surface area (Å²) in [6, 6.07) is 10.4. The highest BCUT2D eigenvalue weighted by Crippen LogP contribution is 2.20. The van der Waals surface area contributed by atoms with Crippen LogP contribution in [-0.2, 0) is 17.9 Å². The quantitative estimate of drug-likeness (QED) is 0.514. The average Bonchev–Trinajstić information content (AvgIpc) is 2.75. The van der Waals surface area contributed by atoms with E-state index in [1.165, 1.54) is 29.0 Å². The van der Waals surface area contributed by atoms with Gasteiger partial charge in [0.05, 0.1) is 17.1 Å². The van der Waals surface area contributed by atoms with Gasteiger partial charge in [-0.15, -0.1) is 0 Å². The van der Waals surface area contributed by atoms with Crippen molar-refractivity contribution in [1.82, 2.24) is 19.1 Å². The third-order valence-corrected chi connectivity index (χ3v) is 4.82. The molecule has 0 bridgehead atoms. The molecule has 0 spiro atoms. The molecule has 0 radical (unpaired) electrons. The molecule has 0 saturated heterocycles. The van der Waals surface area contributed by atoms with Crippen LogP contribution in [0.2, 0.25) is 5.02 Å². The highest BCUT2D eigenvalue weighted by Gasteiger charge is 2.18. The smallest absolute Gasteiger partial charge is 0.324 e. The molecule has 1 aromatic carbocycles. The van der Waals surface area contributed by atoms with Crippen LogP contribution in [0.25, 0.3) is 11.4 Å². The van der Waals surface area contributed by atoms with E-state index < -0.39 is 23.0 Å². The van der Waals surface area contributed by atoms with E-state index in [-0.39, 0.29) is 29.5 Å². The monoisotopic (exact) mass is 439 g/mol. The van der Waals surface area contributed by atoms with E-state index in [4.69, 9.17) is 11.6 Å². The molecule has 2 aliphatic rings. The lowest BCUT2D eigenvalue weighted by Gasteiger charge is -2.15. The summed E-state index contributed by atoms with van der Waals surface area (Å²) in [5.41, 5.74) is -0.0490. The second-order valence-electron chi connectivity index (χ2n) is 6.70. The molecule has 4 rings (SSSR count). The van der Waals surface area contributed by atoms with E-state index in [2.05, 4.69) is 15.3 Å². The molecule has 10 heteroatoms. The second-order valence-corrected chi connectivity index (χ2v) is 7.10. The highest BCUT2D eigenvalue weighted by molar-refractivity contribution is 6.31. The van der Waals surface area contributed by atoms with Gasteiger partial charge in [0.15, 0.2) is 5.82 Å². The number of hydrogen-bond acceptors (Lipinski definition) is 5. The number of anilines is 1. The highest BCUT2D eigenvalue weighted by atomic mass is 35.5. The zero-order valence-electron chi connectivity index (χ0n) is 16.0.